The lowest BCUT2D eigenvalue weighted by atomic mass is 10.4. The average molecular weight is 202 g/mol. The van der Waals surface area contributed by atoms with Crippen molar-refractivity contribution in [3.8, 4) is 0 Å². The van der Waals surface area contributed by atoms with E-state index in [1.54, 1.807) is 24.5 Å². The molecule has 0 amide bonds. The minimum Gasteiger partial charge on any atom is -0.462 e. The van der Waals surface area contributed by atoms with Gasteiger partial charge in [-0.05, 0) is 31.2 Å². The minimum absolute atomic E-state index is 0.200. The molecule has 0 spiro atoms. The van der Waals surface area contributed by atoms with Crippen LogP contribution in [0.4, 0.5) is 0 Å². The number of aromatic nitrogens is 2. The molecule has 0 aliphatic carbocycles. The molecular weight excluding hydrogens is 192 g/mol. The van der Waals surface area contributed by atoms with Crippen molar-refractivity contribution in [2.75, 3.05) is 0 Å². The summed E-state index contributed by atoms with van der Waals surface area (Å²) in [6, 6.07) is 5.35. The van der Waals surface area contributed by atoms with Crippen LogP contribution in [0.15, 0.2) is 41.1 Å². The largest absolute Gasteiger partial charge is 0.462 e. The van der Waals surface area contributed by atoms with Crippen LogP contribution >= 0.6 is 0 Å². The van der Waals surface area contributed by atoms with Crippen molar-refractivity contribution in [3.05, 3.63) is 48.2 Å². The van der Waals surface area contributed by atoms with E-state index in [0.29, 0.717) is 5.76 Å². The average Bonchev–Trinajstić information content (AvgIpc) is 2.84. The first-order valence-corrected chi connectivity index (χ1v) is 4.54. The Hall–Kier alpha value is -2.10. The fraction of sp³-hybridized carbons (Fsp3) is 0.0909. The van der Waals surface area contributed by atoms with Crippen molar-refractivity contribution >= 4 is 12.0 Å². The Labute approximate surface area is 86.8 Å². The van der Waals surface area contributed by atoms with Gasteiger partial charge in [0.05, 0.1) is 0 Å². The van der Waals surface area contributed by atoms with Crippen molar-refractivity contribution in [1.29, 1.82) is 0 Å². The maximum absolute atomic E-state index is 11.5. The summed E-state index contributed by atoms with van der Waals surface area (Å²) in [5.74, 6) is 1.28. The van der Waals surface area contributed by atoms with Crippen molar-refractivity contribution in [1.82, 2.24) is 9.78 Å². The number of hydrogen-bond donors (Lipinski definition) is 0. The Morgan fingerprint density at radius 2 is 2.40 bits per heavy atom. The van der Waals surface area contributed by atoms with E-state index in [2.05, 4.69) is 5.10 Å². The highest BCUT2D eigenvalue weighted by Gasteiger charge is 1.99. The third kappa shape index (κ3) is 2.22. The second-order valence-electron chi connectivity index (χ2n) is 3.07. The van der Waals surface area contributed by atoms with Gasteiger partial charge in [0, 0.05) is 18.5 Å². The Balaban J connectivity index is 2.09. The molecule has 0 atom stereocenters. The molecular formula is C11H10N2O2. The molecule has 4 nitrogen and oxygen atoms in total. The summed E-state index contributed by atoms with van der Waals surface area (Å²) in [5, 5.41) is 3.82. The number of aryl methyl sites for hydroxylation is 1. The van der Waals surface area contributed by atoms with Gasteiger partial charge >= 0.3 is 0 Å². The lowest BCUT2D eigenvalue weighted by molar-refractivity contribution is 0.0955. The van der Waals surface area contributed by atoms with Gasteiger partial charge in [-0.1, -0.05) is 0 Å². The van der Waals surface area contributed by atoms with Crippen LogP contribution in [-0.2, 0) is 0 Å². The van der Waals surface area contributed by atoms with Gasteiger partial charge in [-0.3, -0.25) is 4.79 Å². The summed E-state index contributed by atoms with van der Waals surface area (Å²) in [4.78, 5) is 11.5. The monoisotopic (exact) mass is 202 g/mol. The van der Waals surface area contributed by atoms with E-state index in [-0.39, 0.29) is 5.91 Å². The molecule has 2 rings (SSSR count). The first kappa shape index (κ1) is 9.45. The predicted octanol–water partition coefficient (Wildman–Crippen LogP) is 2.14. The Kier molecular flexibility index (Phi) is 2.49. The first-order chi connectivity index (χ1) is 7.25. The predicted molar refractivity (Wildman–Crippen MR) is 55.3 cm³/mol. The third-order valence-electron chi connectivity index (χ3n) is 1.88. The second kappa shape index (κ2) is 3.96. The van der Waals surface area contributed by atoms with Gasteiger partial charge in [-0.25, -0.2) is 4.68 Å². The molecule has 0 N–H and O–H groups in total. The van der Waals surface area contributed by atoms with E-state index in [1.165, 1.54) is 10.8 Å². The molecule has 2 aromatic rings. The van der Waals surface area contributed by atoms with Crippen LogP contribution in [-0.4, -0.2) is 15.7 Å². The van der Waals surface area contributed by atoms with Gasteiger partial charge in [0.15, 0.2) is 0 Å². The van der Waals surface area contributed by atoms with Gasteiger partial charge in [-0.15, -0.1) is 0 Å². The number of rotatable bonds is 2. The molecule has 0 aliphatic rings. The topological polar surface area (TPSA) is 48.0 Å². The summed E-state index contributed by atoms with van der Waals surface area (Å²) in [5.41, 5.74) is 0. The summed E-state index contributed by atoms with van der Waals surface area (Å²) in [7, 11) is 0. The summed E-state index contributed by atoms with van der Waals surface area (Å²) in [6.07, 6.45) is 6.20. The molecule has 4 heteroatoms. The van der Waals surface area contributed by atoms with E-state index in [1.807, 2.05) is 19.1 Å². The van der Waals surface area contributed by atoms with Crippen LogP contribution in [0.1, 0.15) is 16.3 Å². The molecule has 0 unspecified atom stereocenters. The summed E-state index contributed by atoms with van der Waals surface area (Å²) >= 11 is 0. The molecule has 0 bridgehead atoms. The quantitative estimate of drug-likeness (QED) is 0.701. The van der Waals surface area contributed by atoms with Gasteiger partial charge in [0.2, 0.25) is 0 Å². The zero-order valence-electron chi connectivity index (χ0n) is 8.25. The van der Waals surface area contributed by atoms with Crippen LogP contribution in [0, 0.1) is 6.92 Å². The number of furan rings is 1. The SMILES string of the molecule is Cc1ccc(C=CC(=O)n2cccn2)o1. The molecule has 0 saturated carbocycles. The molecule has 2 aromatic heterocycles. The summed E-state index contributed by atoms with van der Waals surface area (Å²) in [6.45, 7) is 1.85. The molecule has 0 aliphatic heterocycles. The van der Waals surface area contributed by atoms with E-state index < -0.39 is 0 Å². The molecule has 15 heavy (non-hydrogen) atoms. The van der Waals surface area contributed by atoms with E-state index in [9.17, 15) is 4.79 Å². The number of hydrogen-bond acceptors (Lipinski definition) is 3. The number of carbonyl (C=O) groups is 1. The highest BCUT2D eigenvalue weighted by Crippen LogP contribution is 2.07. The fourth-order valence-electron chi connectivity index (χ4n) is 1.17. The van der Waals surface area contributed by atoms with Crippen LogP contribution in [0.5, 0.6) is 0 Å². The lowest BCUT2D eigenvalue weighted by Gasteiger charge is -1.91. The van der Waals surface area contributed by atoms with Crippen molar-refractivity contribution < 1.29 is 9.21 Å². The van der Waals surface area contributed by atoms with E-state index in [0.717, 1.165) is 5.76 Å². The van der Waals surface area contributed by atoms with Crippen LogP contribution in [0.2, 0.25) is 0 Å². The zero-order chi connectivity index (χ0) is 10.7. The van der Waals surface area contributed by atoms with Crippen LogP contribution < -0.4 is 0 Å². The smallest absolute Gasteiger partial charge is 0.270 e. The van der Waals surface area contributed by atoms with Gasteiger partial charge in [0.25, 0.3) is 5.91 Å². The van der Waals surface area contributed by atoms with Crippen molar-refractivity contribution in [2.45, 2.75) is 6.92 Å². The van der Waals surface area contributed by atoms with Crippen molar-refractivity contribution in [3.63, 3.8) is 0 Å². The molecule has 76 valence electrons. The Morgan fingerprint density at radius 3 is 3.00 bits per heavy atom. The van der Waals surface area contributed by atoms with Crippen molar-refractivity contribution in [2.24, 2.45) is 0 Å². The van der Waals surface area contributed by atoms with Gasteiger partial charge < -0.3 is 4.42 Å². The van der Waals surface area contributed by atoms with Crippen LogP contribution in [0.25, 0.3) is 6.08 Å². The lowest BCUT2D eigenvalue weighted by Crippen LogP contribution is -2.06. The molecule has 2 heterocycles. The molecule has 0 saturated heterocycles. The standard InChI is InChI=1S/C11H10N2O2/c1-9-3-4-10(15-9)5-6-11(14)13-8-2-7-12-13/h2-8H,1H3. The maximum Gasteiger partial charge on any atom is 0.270 e. The fourth-order valence-corrected chi connectivity index (χ4v) is 1.17. The Bertz CT molecular complexity index is 480. The van der Waals surface area contributed by atoms with E-state index >= 15 is 0 Å². The molecule has 0 fully saturated rings. The number of allylic oxidation sites excluding steroid dienone is 1. The third-order valence-corrected chi connectivity index (χ3v) is 1.88. The highest BCUT2D eigenvalue weighted by molar-refractivity contribution is 5.92. The number of carbonyl (C=O) groups excluding carboxylic acids is 1. The Morgan fingerprint density at radius 1 is 1.53 bits per heavy atom. The molecule has 0 aromatic carbocycles. The highest BCUT2D eigenvalue weighted by atomic mass is 16.3. The maximum atomic E-state index is 11.5. The summed E-state index contributed by atoms with van der Waals surface area (Å²) < 4.78 is 6.54. The van der Waals surface area contributed by atoms with Crippen LogP contribution in [0.3, 0.4) is 0 Å². The van der Waals surface area contributed by atoms with Gasteiger partial charge in [-0.2, -0.15) is 5.10 Å². The normalized spacial score (nSPS) is 11.0. The number of nitrogens with zero attached hydrogens (tertiary/aromatic N) is 2. The molecule has 0 radical (unpaired) electrons. The zero-order valence-corrected chi connectivity index (χ0v) is 8.25. The minimum atomic E-state index is -0.200. The first-order valence-electron chi connectivity index (χ1n) is 4.54. The van der Waals surface area contributed by atoms with Gasteiger partial charge in [0.1, 0.15) is 11.5 Å². The second-order valence-corrected chi connectivity index (χ2v) is 3.07. The van der Waals surface area contributed by atoms with E-state index in [4.69, 9.17) is 4.42 Å².